The Morgan fingerprint density at radius 1 is 1.16 bits per heavy atom. The van der Waals surface area contributed by atoms with Crippen molar-refractivity contribution >= 4 is 5.91 Å². The second-order valence-corrected chi connectivity index (χ2v) is 5.86. The summed E-state index contributed by atoms with van der Waals surface area (Å²) in [6.07, 6.45) is 2.57. The van der Waals surface area contributed by atoms with E-state index < -0.39 is 0 Å². The van der Waals surface area contributed by atoms with Crippen LogP contribution in [0.25, 0.3) is 0 Å². The van der Waals surface area contributed by atoms with Crippen molar-refractivity contribution < 1.29 is 9.53 Å². The maximum absolute atomic E-state index is 12.2. The summed E-state index contributed by atoms with van der Waals surface area (Å²) in [5, 5.41) is 2.99. The number of hydrogen-bond donors (Lipinski definition) is 1. The summed E-state index contributed by atoms with van der Waals surface area (Å²) in [4.78, 5) is 14.3. The van der Waals surface area contributed by atoms with Crippen LogP contribution in [0, 0.1) is 0 Å². The van der Waals surface area contributed by atoms with E-state index in [0.717, 1.165) is 24.3 Å². The van der Waals surface area contributed by atoms with Crippen LogP contribution in [-0.2, 0) is 17.8 Å². The van der Waals surface area contributed by atoms with Crippen molar-refractivity contribution in [2.24, 2.45) is 0 Å². The summed E-state index contributed by atoms with van der Waals surface area (Å²) in [6, 6.07) is 18.0. The van der Waals surface area contributed by atoms with Gasteiger partial charge in [-0.15, -0.1) is 6.58 Å². The summed E-state index contributed by atoms with van der Waals surface area (Å²) in [5.41, 5.74) is 2.28. The minimum absolute atomic E-state index is 0.0210. The van der Waals surface area contributed by atoms with Crippen LogP contribution in [0.4, 0.5) is 0 Å². The van der Waals surface area contributed by atoms with Crippen molar-refractivity contribution in [3.8, 4) is 5.75 Å². The van der Waals surface area contributed by atoms with Crippen LogP contribution in [0.3, 0.4) is 0 Å². The number of para-hydroxylation sites is 1. The second-order valence-electron chi connectivity index (χ2n) is 5.86. The minimum atomic E-state index is 0.0210. The number of ether oxygens (including phenoxy) is 1. The molecule has 0 unspecified atom stereocenters. The number of carbonyl (C=O) groups excluding carboxylic acids is 1. The third kappa shape index (κ3) is 6.43. The number of hydrogen-bond acceptors (Lipinski definition) is 3. The Labute approximate surface area is 150 Å². The van der Waals surface area contributed by atoms with Gasteiger partial charge in [-0.1, -0.05) is 54.6 Å². The molecule has 0 saturated heterocycles. The monoisotopic (exact) mass is 338 g/mol. The predicted octanol–water partition coefficient (Wildman–Crippen LogP) is 3.04. The van der Waals surface area contributed by atoms with E-state index in [9.17, 15) is 4.79 Å². The van der Waals surface area contributed by atoms with Crippen LogP contribution in [-0.4, -0.2) is 37.6 Å². The molecule has 0 atom stereocenters. The highest BCUT2D eigenvalue weighted by atomic mass is 16.5. The Morgan fingerprint density at radius 3 is 2.60 bits per heavy atom. The van der Waals surface area contributed by atoms with Crippen LogP contribution in [0.2, 0.25) is 0 Å². The van der Waals surface area contributed by atoms with Crippen molar-refractivity contribution in [3.63, 3.8) is 0 Å². The number of nitrogens with one attached hydrogen (secondary N) is 1. The van der Waals surface area contributed by atoms with E-state index in [-0.39, 0.29) is 5.91 Å². The summed E-state index contributed by atoms with van der Waals surface area (Å²) < 4.78 is 5.33. The Hall–Kier alpha value is -2.59. The molecule has 0 spiro atoms. The quantitative estimate of drug-likeness (QED) is 0.677. The van der Waals surface area contributed by atoms with Gasteiger partial charge in [0.2, 0.25) is 5.91 Å². The first-order valence-corrected chi connectivity index (χ1v) is 8.48. The van der Waals surface area contributed by atoms with E-state index in [1.807, 2.05) is 48.5 Å². The van der Waals surface area contributed by atoms with Gasteiger partial charge in [-0.3, -0.25) is 9.69 Å². The molecular formula is C21H26N2O2. The fourth-order valence-corrected chi connectivity index (χ4v) is 2.71. The van der Waals surface area contributed by atoms with Crippen LogP contribution in [0.5, 0.6) is 5.75 Å². The van der Waals surface area contributed by atoms with Gasteiger partial charge in [-0.2, -0.15) is 0 Å². The van der Waals surface area contributed by atoms with Gasteiger partial charge in [-0.05, 0) is 23.6 Å². The van der Waals surface area contributed by atoms with Crippen LogP contribution in [0.1, 0.15) is 11.1 Å². The van der Waals surface area contributed by atoms with E-state index in [2.05, 4.69) is 28.9 Å². The van der Waals surface area contributed by atoms with Crippen LogP contribution in [0.15, 0.2) is 67.3 Å². The van der Waals surface area contributed by atoms with Gasteiger partial charge in [-0.25, -0.2) is 0 Å². The van der Waals surface area contributed by atoms with Gasteiger partial charge >= 0.3 is 0 Å². The summed E-state index contributed by atoms with van der Waals surface area (Å²) in [7, 11) is 1.66. The molecule has 0 aliphatic heterocycles. The molecule has 1 amide bonds. The van der Waals surface area contributed by atoms with Gasteiger partial charge in [0.15, 0.2) is 0 Å². The molecule has 25 heavy (non-hydrogen) atoms. The Kier molecular flexibility index (Phi) is 7.73. The first kappa shape index (κ1) is 18.7. The standard InChI is InChI=1S/C21H26N2O2/c1-3-15-23(16-18-9-5-4-6-10-18)17-21(24)22-14-13-19-11-7-8-12-20(19)25-2/h3-12H,1,13-17H2,2H3,(H,22,24). The molecule has 0 aliphatic rings. The van der Waals surface area contributed by atoms with E-state index in [4.69, 9.17) is 4.74 Å². The summed E-state index contributed by atoms with van der Waals surface area (Å²) in [6.45, 7) is 6.13. The lowest BCUT2D eigenvalue weighted by Gasteiger charge is -2.20. The molecule has 2 rings (SSSR count). The molecule has 2 aromatic rings. The van der Waals surface area contributed by atoms with Gasteiger partial charge in [0, 0.05) is 19.6 Å². The van der Waals surface area contributed by atoms with Crippen molar-refractivity contribution in [2.45, 2.75) is 13.0 Å². The molecule has 0 saturated carbocycles. The lowest BCUT2D eigenvalue weighted by atomic mass is 10.1. The number of amides is 1. The molecule has 4 heteroatoms. The molecule has 0 fully saturated rings. The maximum atomic E-state index is 12.2. The van der Waals surface area contributed by atoms with Crippen molar-refractivity contribution in [3.05, 3.63) is 78.4 Å². The molecule has 0 aromatic heterocycles. The summed E-state index contributed by atoms with van der Waals surface area (Å²) in [5.74, 6) is 0.877. The van der Waals surface area contributed by atoms with Crippen molar-refractivity contribution in [1.82, 2.24) is 10.2 Å². The van der Waals surface area contributed by atoms with Crippen LogP contribution < -0.4 is 10.1 Å². The zero-order valence-corrected chi connectivity index (χ0v) is 14.8. The third-order valence-corrected chi connectivity index (χ3v) is 3.91. The number of rotatable bonds is 10. The SMILES string of the molecule is C=CCN(CC(=O)NCCc1ccccc1OC)Cc1ccccc1. The molecular weight excluding hydrogens is 312 g/mol. The van der Waals surface area contributed by atoms with E-state index in [0.29, 0.717) is 19.6 Å². The molecule has 0 radical (unpaired) electrons. The average Bonchev–Trinajstić information content (AvgIpc) is 2.63. The molecule has 0 bridgehead atoms. The maximum Gasteiger partial charge on any atom is 0.234 e. The number of benzene rings is 2. The number of nitrogens with zero attached hydrogens (tertiary/aromatic N) is 1. The Balaban J connectivity index is 1.81. The summed E-state index contributed by atoms with van der Waals surface area (Å²) >= 11 is 0. The normalized spacial score (nSPS) is 10.5. The highest BCUT2D eigenvalue weighted by Gasteiger charge is 2.10. The smallest absolute Gasteiger partial charge is 0.234 e. The fraction of sp³-hybridized carbons (Fsp3) is 0.286. The Bertz CT molecular complexity index is 671. The van der Waals surface area contributed by atoms with Crippen LogP contribution >= 0.6 is 0 Å². The third-order valence-electron chi connectivity index (χ3n) is 3.91. The number of methoxy groups -OCH3 is 1. The average molecular weight is 338 g/mol. The van der Waals surface area contributed by atoms with Crippen molar-refractivity contribution in [2.75, 3.05) is 26.7 Å². The molecule has 0 heterocycles. The lowest BCUT2D eigenvalue weighted by molar-refractivity contribution is -0.122. The Morgan fingerprint density at radius 2 is 1.88 bits per heavy atom. The zero-order chi connectivity index (χ0) is 17.9. The number of carbonyl (C=O) groups is 1. The molecule has 132 valence electrons. The van der Waals surface area contributed by atoms with Gasteiger partial charge in [0.1, 0.15) is 5.75 Å². The highest BCUT2D eigenvalue weighted by molar-refractivity contribution is 5.78. The van der Waals surface area contributed by atoms with Crippen molar-refractivity contribution in [1.29, 1.82) is 0 Å². The minimum Gasteiger partial charge on any atom is -0.496 e. The first-order chi connectivity index (χ1) is 12.2. The lowest BCUT2D eigenvalue weighted by Crippen LogP contribution is -2.37. The molecule has 2 aromatic carbocycles. The van der Waals surface area contributed by atoms with Gasteiger partial charge < -0.3 is 10.1 Å². The fourth-order valence-electron chi connectivity index (χ4n) is 2.71. The molecule has 4 nitrogen and oxygen atoms in total. The van der Waals surface area contributed by atoms with E-state index >= 15 is 0 Å². The molecule has 1 N–H and O–H groups in total. The largest absolute Gasteiger partial charge is 0.496 e. The van der Waals surface area contributed by atoms with E-state index in [1.54, 1.807) is 7.11 Å². The molecule has 0 aliphatic carbocycles. The van der Waals surface area contributed by atoms with Gasteiger partial charge in [0.25, 0.3) is 0 Å². The van der Waals surface area contributed by atoms with E-state index in [1.165, 1.54) is 5.56 Å². The van der Waals surface area contributed by atoms with Gasteiger partial charge in [0.05, 0.1) is 13.7 Å². The predicted molar refractivity (Wildman–Crippen MR) is 102 cm³/mol. The topological polar surface area (TPSA) is 41.6 Å². The highest BCUT2D eigenvalue weighted by Crippen LogP contribution is 2.17. The zero-order valence-electron chi connectivity index (χ0n) is 14.8. The first-order valence-electron chi connectivity index (χ1n) is 8.48. The second kappa shape index (κ2) is 10.3.